The lowest BCUT2D eigenvalue weighted by atomic mass is 9.96. The Kier molecular flexibility index (Phi) is 3.27. The normalized spacial score (nSPS) is 13.9. The summed E-state index contributed by atoms with van der Waals surface area (Å²) in [4.78, 5) is 16.3. The molecular weight excluding hydrogens is 240 g/mol. The van der Waals surface area contributed by atoms with Gasteiger partial charge in [0.05, 0.1) is 12.2 Å². The molecule has 19 heavy (non-hydrogen) atoms. The van der Waals surface area contributed by atoms with Crippen LogP contribution in [-0.2, 0) is 19.4 Å². The Hall–Kier alpha value is -2.17. The van der Waals surface area contributed by atoms with E-state index in [1.165, 1.54) is 6.42 Å². The molecule has 0 aromatic carbocycles. The first kappa shape index (κ1) is 11.9. The van der Waals surface area contributed by atoms with Crippen molar-refractivity contribution in [2.45, 2.75) is 32.2 Å². The van der Waals surface area contributed by atoms with E-state index in [1.807, 2.05) is 18.2 Å². The highest BCUT2D eigenvalue weighted by Gasteiger charge is 2.21. The first-order chi connectivity index (χ1) is 9.34. The van der Waals surface area contributed by atoms with Crippen molar-refractivity contribution in [2.24, 2.45) is 0 Å². The minimum absolute atomic E-state index is 0.120. The third-order valence-electron chi connectivity index (χ3n) is 3.43. The van der Waals surface area contributed by atoms with Gasteiger partial charge in [-0.15, -0.1) is 0 Å². The van der Waals surface area contributed by atoms with Crippen LogP contribution < -0.4 is 5.32 Å². The predicted octanol–water partition coefficient (Wildman–Crippen LogP) is 1.61. The van der Waals surface area contributed by atoms with E-state index < -0.39 is 0 Å². The highest BCUT2D eigenvalue weighted by molar-refractivity contribution is 5.93. The Labute approximate surface area is 111 Å². The average molecular weight is 256 g/mol. The van der Waals surface area contributed by atoms with Crippen LogP contribution in [0.5, 0.6) is 0 Å². The van der Waals surface area contributed by atoms with Gasteiger partial charge in [-0.25, -0.2) is 0 Å². The number of aromatic amines is 1. The molecule has 0 saturated heterocycles. The first-order valence-corrected chi connectivity index (χ1v) is 6.59. The van der Waals surface area contributed by atoms with Crippen LogP contribution in [0.3, 0.4) is 0 Å². The number of hydrogen-bond donors (Lipinski definition) is 2. The minimum Gasteiger partial charge on any atom is -0.345 e. The fourth-order valence-electron chi connectivity index (χ4n) is 2.43. The van der Waals surface area contributed by atoms with Gasteiger partial charge in [-0.2, -0.15) is 5.10 Å². The molecule has 2 N–H and O–H groups in total. The lowest BCUT2D eigenvalue weighted by molar-refractivity contribution is 0.0944. The van der Waals surface area contributed by atoms with Gasteiger partial charge in [-0.1, -0.05) is 6.07 Å². The molecule has 0 bridgehead atoms. The average Bonchev–Trinajstić information content (AvgIpc) is 2.90. The second-order valence-corrected chi connectivity index (χ2v) is 4.74. The SMILES string of the molecule is O=C(NCc1ccccn1)c1n[nH]c2c1CCCC2. The molecule has 0 radical (unpaired) electrons. The molecule has 3 rings (SSSR count). The van der Waals surface area contributed by atoms with Gasteiger partial charge in [-0.05, 0) is 37.8 Å². The number of pyridine rings is 1. The van der Waals surface area contributed by atoms with Crippen molar-refractivity contribution in [3.05, 3.63) is 47.0 Å². The van der Waals surface area contributed by atoms with Gasteiger partial charge >= 0.3 is 0 Å². The summed E-state index contributed by atoms with van der Waals surface area (Å²) in [5.41, 5.74) is 3.60. The van der Waals surface area contributed by atoms with Crippen LogP contribution in [-0.4, -0.2) is 21.1 Å². The molecule has 98 valence electrons. The Morgan fingerprint density at radius 1 is 1.32 bits per heavy atom. The topological polar surface area (TPSA) is 70.7 Å². The van der Waals surface area contributed by atoms with E-state index in [1.54, 1.807) is 6.20 Å². The number of carbonyl (C=O) groups excluding carboxylic acids is 1. The number of H-pyrrole nitrogens is 1. The van der Waals surface area contributed by atoms with Crippen molar-refractivity contribution in [1.82, 2.24) is 20.5 Å². The maximum Gasteiger partial charge on any atom is 0.272 e. The number of nitrogens with zero attached hydrogens (tertiary/aromatic N) is 2. The van der Waals surface area contributed by atoms with Crippen molar-refractivity contribution in [2.75, 3.05) is 0 Å². The molecule has 5 nitrogen and oxygen atoms in total. The summed E-state index contributed by atoms with van der Waals surface area (Å²) in [6.45, 7) is 0.432. The fourth-order valence-corrected chi connectivity index (χ4v) is 2.43. The van der Waals surface area contributed by atoms with Crippen molar-refractivity contribution < 1.29 is 4.79 Å². The van der Waals surface area contributed by atoms with E-state index in [9.17, 15) is 4.79 Å². The van der Waals surface area contributed by atoms with Crippen LogP contribution in [0, 0.1) is 0 Å². The molecular formula is C14H16N4O. The quantitative estimate of drug-likeness (QED) is 0.876. The van der Waals surface area contributed by atoms with Crippen LogP contribution in [0.4, 0.5) is 0 Å². The minimum atomic E-state index is -0.120. The third-order valence-corrected chi connectivity index (χ3v) is 3.43. The van der Waals surface area contributed by atoms with Crippen molar-refractivity contribution >= 4 is 5.91 Å². The monoisotopic (exact) mass is 256 g/mol. The van der Waals surface area contributed by atoms with E-state index in [2.05, 4.69) is 20.5 Å². The van der Waals surface area contributed by atoms with Gasteiger partial charge in [-0.3, -0.25) is 14.9 Å². The number of aryl methyl sites for hydroxylation is 1. The number of aromatic nitrogens is 3. The molecule has 1 aliphatic carbocycles. The molecule has 2 aromatic rings. The summed E-state index contributed by atoms with van der Waals surface area (Å²) in [6.07, 6.45) is 5.96. The summed E-state index contributed by atoms with van der Waals surface area (Å²) in [5, 5.41) is 10.00. The Morgan fingerprint density at radius 3 is 3.05 bits per heavy atom. The molecule has 0 aliphatic heterocycles. The second-order valence-electron chi connectivity index (χ2n) is 4.74. The summed E-state index contributed by atoms with van der Waals surface area (Å²) >= 11 is 0. The number of carbonyl (C=O) groups is 1. The first-order valence-electron chi connectivity index (χ1n) is 6.59. The van der Waals surface area contributed by atoms with Crippen LogP contribution in [0.1, 0.15) is 40.3 Å². The van der Waals surface area contributed by atoms with Crippen LogP contribution in [0.25, 0.3) is 0 Å². The van der Waals surface area contributed by atoms with E-state index >= 15 is 0 Å². The third kappa shape index (κ3) is 2.50. The molecule has 5 heteroatoms. The Bertz CT molecular complexity index is 576. The number of fused-ring (bicyclic) bond motifs is 1. The molecule has 0 fully saturated rings. The van der Waals surface area contributed by atoms with Crippen LogP contribution in [0.15, 0.2) is 24.4 Å². The van der Waals surface area contributed by atoms with Crippen molar-refractivity contribution in [3.63, 3.8) is 0 Å². The van der Waals surface area contributed by atoms with Crippen molar-refractivity contribution in [1.29, 1.82) is 0 Å². The van der Waals surface area contributed by atoms with Gasteiger partial charge in [0.25, 0.3) is 5.91 Å². The molecule has 0 saturated carbocycles. The fraction of sp³-hybridized carbons (Fsp3) is 0.357. The summed E-state index contributed by atoms with van der Waals surface area (Å²) in [5.74, 6) is -0.120. The summed E-state index contributed by atoms with van der Waals surface area (Å²) < 4.78 is 0. The highest BCUT2D eigenvalue weighted by Crippen LogP contribution is 2.21. The molecule has 0 unspecified atom stereocenters. The highest BCUT2D eigenvalue weighted by atomic mass is 16.1. The van der Waals surface area contributed by atoms with Gasteiger partial charge in [0, 0.05) is 17.5 Å². The van der Waals surface area contributed by atoms with Crippen molar-refractivity contribution in [3.8, 4) is 0 Å². The molecule has 2 aromatic heterocycles. The molecule has 0 atom stereocenters. The van der Waals surface area contributed by atoms with E-state index in [0.717, 1.165) is 36.2 Å². The smallest absolute Gasteiger partial charge is 0.272 e. The number of nitrogens with one attached hydrogen (secondary N) is 2. The zero-order valence-electron chi connectivity index (χ0n) is 10.6. The zero-order valence-corrected chi connectivity index (χ0v) is 10.6. The largest absolute Gasteiger partial charge is 0.345 e. The molecule has 2 heterocycles. The predicted molar refractivity (Wildman–Crippen MR) is 70.6 cm³/mol. The number of hydrogen-bond acceptors (Lipinski definition) is 3. The van der Waals surface area contributed by atoms with Gasteiger partial charge < -0.3 is 5.32 Å². The molecule has 1 aliphatic rings. The maximum absolute atomic E-state index is 12.1. The Balaban J connectivity index is 1.69. The number of amides is 1. The van der Waals surface area contributed by atoms with E-state index in [4.69, 9.17) is 0 Å². The zero-order chi connectivity index (χ0) is 13.1. The van der Waals surface area contributed by atoms with E-state index in [-0.39, 0.29) is 5.91 Å². The summed E-state index contributed by atoms with van der Waals surface area (Å²) in [6, 6.07) is 5.65. The molecule has 1 amide bonds. The maximum atomic E-state index is 12.1. The number of rotatable bonds is 3. The Morgan fingerprint density at radius 2 is 2.21 bits per heavy atom. The standard InChI is InChI=1S/C14H16N4O/c19-14(16-9-10-5-3-4-8-15-10)13-11-6-1-2-7-12(11)17-18-13/h3-5,8H,1-2,6-7,9H2,(H,16,19)(H,17,18). The molecule has 0 spiro atoms. The van der Waals surface area contributed by atoms with Gasteiger partial charge in [0.2, 0.25) is 0 Å². The van der Waals surface area contributed by atoms with Gasteiger partial charge in [0.1, 0.15) is 0 Å². The van der Waals surface area contributed by atoms with Crippen LogP contribution in [0.2, 0.25) is 0 Å². The van der Waals surface area contributed by atoms with E-state index in [0.29, 0.717) is 12.2 Å². The summed E-state index contributed by atoms with van der Waals surface area (Å²) in [7, 11) is 0. The van der Waals surface area contributed by atoms with Crippen LogP contribution >= 0.6 is 0 Å². The lowest BCUT2D eigenvalue weighted by Crippen LogP contribution is -2.25. The second kappa shape index (κ2) is 5.22. The van der Waals surface area contributed by atoms with Gasteiger partial charge in [0.15, 0.2) is 5.69 Å². The lowest BCUT2D eigenvalue weighted by Gasteiger charge is -2.11.